The Bertz CT molecular complexity index is 212. The summed E-state index contributed by atoms with van der Waals surface area (Å²) in [7, 11) is 1.54. The van der Waals surface area contributed by atoms with Crippen molar-refractivity contribution in [3.8, 4) is 0 Å². The van der Waals surface area contributed by atoms with Crippen molar-refractivity contribution in [1.82, 2.24) is 0 Å². The normalized spacial score (nSPS) is 32.3. The monoisotopic (exact) mass is 186 g/mol. The van der Waals surface area contributed by atoms with Crippen LogP contribution in [0.3, 0.4) is 0 Å². The van der Waals surface area contributed by atoms with Crippen molar-refractivity contribution in [3.05, 3.63) is 12.2 Å². The average Bonchev–Trinajstić information content (AvgIpc) is 2.35. The Morgan fingerprint density at radius 2 is 2.23 bits per heavy atom. The number of carboxylic acids is 1. The molecule has 0 aromatic heterocycles. The van der Waals surface area contributed by atoms with Gasteiger partial charge in [0.15, 0.2) is 0 Å². The van der Waals surface area contributed by atoms with E-state index in [0.717, 1.165) is 0 Å². The van der Waals surface area contributed by atoms with Crippen LogP contribution in [0.25, 0.3) is 0 Å². The standard InChI is InChI=1S/C9H14O4/c1-13-5-7-6(4-9(11)12)2-3-8(7)10/h2-3,6-8,10H,4-5H2,1H3,(H,11,12)/t6-,7-,8-/m1/s1. The summed E-state index contributed by atoms with van der Waals surface area (Å²) in [4.78, 5) is 10.5. The number of aliphatic hydroxyl groups excluding tert-OH is 1. The van der Waals surface area contributed by atoms with Crippen molar-refractivity contribution in [3.63, 3.8) is 0 Å². The minimum atomic E-state index is -0.843. The van der Waals surface area contributed by atoms with Crippen LogP contribution in [0.15, 0.2) is 12.2 Å². The number of carbonyl (C=O) groups is 1. The molecule has 0 aromatic carbocycles. The molecule has 0 heterocycles. The highest BCUT2D eigenvalue weighted by molar-refractivity contribution is 5.67. The molecule has 0 spiro atoms. The molecular formula is C9H14O4. The van der Waals surface area contributed by atoms with Crippen molar-refractivity contribution in [2.75, 3.05) is 13.7 Å². The quantitative estimate of drug-likeness (QED) is 0.618. The van der Waals surface area contributed by atoms with Gasteiger partial charge in [0.05, 0.1) is 19.1 Å². The summed E-state index contributed by atoms with van der Waals surface area (Å²) >= 11 is 0. The van der Waals surface area contributed by atoms with Gasteiger partial charge in [-0.25, -0.2) is 0 Å². The van der Waals surface area contributed by atoms with Gasteiger partial charge in [-0.3, -0.25) is 4.79 Å². The largest absolute Gasteiger partial charge is 0.481 e. The van der Waals surface area contributed by atoms with Gasteiger partial charge in [0.1, 0.15) is 0 Å². The number of methoxy groups -OCH3 is 1. The van der Waals surface area contributed by atoms with Gasteiger partial charge >= 0.3 is 5.97 Å². The maximum absolute atomic E-state index is 10.5. The average molecular weight is 186 g/mol. The Labute approximate surface area is 76.8 Å². The van der Waals surface area contributed by atoms with Crippen molar-refractivity contribution in [1.29, 1.82) is 0 Å². The second-order valence-corrected chi connectivity index (χ2v) is 3.26. The van der Waals surface area contributed by atoms with Crippen LogP contribution in [0, 0.1) is 11.8 Å². The van der Waals surface area contributed by atoms with E-state index in [4.69, 9.17) is 9.84 Å². The lowest BCUT2D eigenvalue weighted by molar-refractivity contribution is -0.138. The third-order valence-electron chi connectivity index (χ3n) is 2.31. The zero-order chi connectivity index (χ0) is 9.84. The molecule has 4 heteroatoms. The summed E-state index contributed by atoms with van der Waals surface area (Å²) in [5.41, 5.74) is 0. The highest BCUT2D eigenvalue weighted by Crippen LogP contribution is 2.28. The molecule has 4 nitrogen and oxygen atoms in total. The molecule has 74 valence electrons. The summed E-state index contributed by atoms with van der Waals surface area (Å²) in [5, 5.41) is 18.0. The van der Waals surface area contributed by atoms with E-state index in [0.29, 0.717) is 6.61 Å². The number of hydrogen-bond donors (Lipinski definition) is 2. The summed E-state index contributed by atoms with van der Waals surface area (Å²) in [5.74, 6) is -1.06. The highest BCUT2D eigenvalue weighted by atomic mass is 16.5. The first-order chi connectivity index (χ1) is 6.15. The predicted molar refractivity (Wildman–Crippen MR) is 46.3 cm³/mol. The van der Waals surface area contributed by atoms with E-state index in [-0.39, 0.29) is 18.3 Å². The fourth-order valence-electron chi connectivity index (χ4n) is 1.63. The Balaban J connectivity index is 2.52. The van der Waals surface area contributed by atoms with Crippen LogP contribution in [0.4, 0.5) is 0 Å². The van der Waals surface area contributed by atoms with E-state index < -0.39 is 12.1 Å². The first kappa shape index (κ1) is 10.2. The molecule has 1 aliphatic carbocycles. The molecule has 1 rings (SSSR count). The van der Waals surface area contributed by atoms with Gasteiger partial charge in [0.25, 0.3) is 0 Å². The topological polar surface area (TPSA) is 66.8 Å². The zero-order valence-corrected chi connectivity index (χ0v) is 7.51. The number of allylic oxidation sites excluding steroid dienone is 1. The summed E-state index contributed by atoms with van der Waals surface area (Å²) in [6.45, 7) is 0.395. The van der Waals surface area contributed by atoms with Crippen LogP contribution < -0.4 is 0 Å². The molecule has 0 aliphatic heterocycles. The lowest BCUT2D eigenvalue weighted by Gasteiger charge is -2.19. The molecule has 0 saturated carbocycles. The third-order valence-corrected chi connectivity index (χ3v) is 2.31. The van der Waals surface area contributed by atoms with Crippen LogP contribution in [0.1, 0.15) is 6.42 Å². The van der Waals surface area contributed by atoms with Crippen LogP contribution in [0.2, 0.25) is 0 Å². The maximum Gasteiger partial charge on any atom is 0.303 e. The van der Waals surface area contributed by atoms with Crippen molar-refractivity contribution >= 4 is 5.97 Å². The number of rotatable bonds is 4. The van der Waals surface area contributed by atoms with Crippen molar-refractivity contribution < 1.29 is 19.7 Å². The molecule has 0 saturated heterocycles. The second kappa shape index (κ2) is 4.39. The number of aliphatic carboxylic acids is 1. The van der Waals surface area contributed by atoms with E-state index in [1.54, 1.807) is 19.3 Å². The SMILES string of the molecule is COC[C@H]1[C@H](O)C=C[C@@H]1CC(=O)O. The molecule has 3 atom stereocenters. The van der Waals surface area contributed by atoms with E-state index >= 15 is 0 Å². The summed E-state index contributed by atoms with van der Waals surface area (Å²) in [6.07, 6.45) is 2.88. The molecule has 0 bridgehead atoms. The van der Waals surface area contributed by atoms with Crippen molar-refractivity contribution in [2.45, 2.75) is 12.5 Å². The Morgan fingerprint density at radius 3 is 2.77 bits per heavy atom. The number of carboxylic acid groups (broad SMARTS) is 1. The van der Waals surface area contributed by atoms with Crippen LogP contribution in [-0.2, 0) is 9.53 Å². The van der Waals surface area contributed by atoms with Gasteiger partial charge in [-0.15, -0.1) is 0 Å². The first-order valence-corrected chi connectivity index (χ1v) is 4.22. The number of hydrogen-bond acceptors (Lipinski definition) is 3. The maximum atomic E-state index is 10.5. The first-order valence-electron chi connectivity index (χ1n) is 4.22. The summed E-state index contributed by atoms with van der Waals surface area (Å²) in [6, 6.07) is 0. The molecule has 0 radical (unpaired) electrons. The lowest BCUT2D eigenvalue weighted by Crippen LogP contribution is -2.26. The van der Waals surface area contributed by atoms with Gasteiger partial charge in [-0.1, -0.05) is 12.2 Å². The Hall–Kier alpha value is -0.870. The van der Waals surface area contributed by atoms with E-state index in [2.05, 4.69) is 0 Å². The lowest BCUT2D eigenvalue weighted by atomic mass is 9.92. The van der Waals surface area contributed by atoms with E-state index in [1.807, 2.05) is 0 Å². The smallest absolute Gasteiger partial charge is 0.303 e. The minimum absolute atomic E-state index is 0.0571. The number of ether oxygens (including phenoxy) is 1. The fraction of sp³-hybridized carbons (Fsp3) is 0.667. The van der Waals surface area contributed by atoms with Crippen molar-refractivity contribution in [2.24, 2.45) is 11.8 Å². The van der Waals surface area contributed by atoms with Crippen LogP contribution >= 0.6 is 0 Å². The zero-order valence-electron chi connectivity index (χ0n) is 7.51. The Kier molecular flexibility index (Phi) is 3.45. The number of aliphatic hydroxyl groups is 1. The van der Waals surface area contributed by atoms with Crippen LogP contribution in [-0.4, -0.2) is 36.0 Å². The molecule has 13 heavy (non-hydrogen) atoms. The molecule has 0 fully saturated rings. The molecule has 0 aromatic rings. The molecule has 1 aliphatic rings. The molecular weight excluding hydrogens is 172 g/mol. The van der Waals surface area contributed by atoms with E-state index in [9.17, 15) is 9.90 Å². The van der Waals surface area contributed by atoms with Gasteiger partial charge < -0.3 is 14.9 Å². The molecule has 0 unspecified atom stereocenters. The minimum Gasteiger partial charge on any atom is -0.481 e. The van der Waals surface area contributed by atoms with Gasteiger partial charge in [-0.05, 0) is 5.92 Å². The fourth-order valence-corrected chi connectivity index (χ4v) is 1.63. The second-order valence-electron chi connectivity index (χ2n) is 3.26. The van der Waals surface area contributed by atoms with Gasteiger partial charge in [0, 0.05) is 13.0 Å². The van der Waals surface area contributed by atoms with Gasteiger partial charge in [-0.2, -0.15) is 0 Å². The van der Waals surface area contributed by atoms with E-state index in [1.165, 1.54) is 0 Å². The molecule has 2 N–H and O–H groups in total. The summed E-state index contributed by atoms with van der Waals surface area (Å²) < 4.78 is 4.92. The molecule has 0 amide bonds. The van der Waals surface area contributed by atoms with Gasteiger partial charge in [0.2, 0.25) is 0 Å². The Morgan fingerprint density at radius 1 is 1.54 bits per heavy atom. The predicted octanol–water partition coefficient (Wildman–Crippen LogP) is 0.271. The highest BCUT2D eigenvalue weighted by Gasteiger charge is 2.31. The third kappa shape index (κ3) is 2.54. The van der Waals surface area contributed by atoms with Crippen LogP contribution in [0.5, 0.6) is 0 Å².